The van der Waals surface area contributed by atoms with Crippen LogP contribution in [0.25, 0.3) is 39.5 Å². The zero-order valence-electron chi connectivity index (χ0n) is 22.6. The maximum atomic E-state index is 12.9. The minimum Gasteiger partial charge on any atom is -0.395 e. The first kappa shape index (κ1) is 26.9. The molecule has 1 aliphatic rings. The largest absolute Gasteiger partial charge is 0.395 e. The second-order valence-corrected chi connectivity index (χ2v) is 10.5. The van der Waals surface area contributed by atoms with Crippen molar-refractivity contribution in [1.82, 2.24) is 29.3 Å². The van der Waals surface area contributed by atoms with E-state index in [-0.39, 0.29) is 24.6 Å². The molecule has 0 saturated heterocycles. The van der Waals surface area contributed by atoms with Gasteiger partial charge in [-0.25, -0.2) is 19.8 Å². The van der Waals surface area contributed by atoms with Crippen LogP contribution in [0, 0.1) is 0 Å². The van der Waals surface area contributed by atoms with Gasteiger partial charge in [0.05, 0.1) is 23.4 Å². The summed E-state index contributed by atoms with van der Waals surface area (Å²) in [6, 6.07) is 23.2. The topological polar surface area (TPSA) is 122 Å². The number of aliphatic hydroxyl groups excluding tert-OH is 1. The van der Waals surface area contributed by atoms with Crippen molar-refractivity contribution in [3.63, 3.8) is 0 Å². The van der Waals surface area contributed by atoms with Gasteiger partial charge in [0, 0.05) is 36.6 Å². The number of amides is 1. The van der Waals surface area contributed by atoms with Crippen molar-refractivity contribution in [2.45, 2.75) is 24.8 Å². The fourth-order valence-corrected chi connectivity index (χ4v) is 5.63. The van der Waals surface area contributed by atoms with Crippen LogP contribution >= 0.6 is 11.8 Å². The summed E-state index contributed by atoms with van der Waals surface area (Å²) in [4.78, 5) is 31.6. The molecule has 208 valence electrons. The highest BCUT2D eigenvalue weighted by Crippen LogP contribution is 2.42. The van der Waals surface area contributed by atoms with Crippen LogP contribution in [0.1, 0.15) is 35.2 Å². The van der Waals surface area contributed by atoms with E-state index in [4.69, 9.17) is 27.5 Å². The molecule has 5 aromatic rings. The smallest absolute Gasteiger partial charge is 0.253 e. The van der Waals surface area contributed by atoms with Gasteiger partial charge in [0.15, 0.2) is 11.5 Å². The molecular formula is C31H30ClN7O2. The molecule has 3 aromatic heterocycles. The molecule has 1 saturated carbocycles. The number of aromatic nitrogens is 4. The molecule has 0 unspecified atom stereocenters. The minimum absolute atomic E-state index is 0.0989. The van der Waals surface area contributed by atoms with Crippen molar-refractivity contribution >= 4 is 34.7 Å². The Hall–Kier alpha value is -4.31. The molecular weight excluding hydrogens is 538 g/mol. The summed E-state index contributed by atoms with van der Waals surface area (Å²) in [5.41, 5.74) is 12.2. The van der Waals surface area contributed by atoms with Gasteiger partial charge in [-0.2, -0.15) is 0 Å². The number of hydrogen-bond donors (Lipinski definition) is 3. The summed E-state index contributed by atoms with van der Waals surface area (Å²) >= 11 is 6.14. The number of rotatable bonds is 8. The highest BCUT2D eigenvalue weighted by atomic mass is 35.5. The number of hydrogen-bond acceptors (Lipinski definition) is 7. The molecule has 0 bridgehead atoms. The average molecular weight is 568 g/mol. The van der Waals surface area contributed by atoms with Gasteiger partial charge in [0.2, 0.25) is 0 Å². The van der Waals surface area contributed by atoms with Crippen LogP contribution < -0.4 is 10.6 Å². The summed E-state index contributed by atoms with van der Waals surface area (Å²) in [6.45, 7) is 0.159. The Morgan fingerprint density at radius 3 is 2.59 bits per heavy atom. The van der Waals surface area contributed by atoms with E-state index < -0.39 is 0 Å². The van der Waals surface area contributed by atoms with Crippen molar-refractivity contribution in [2.75, 3.05) is 25.9 Å². The number of imidazole rings is 1. The predicted molar refractivity (Wildman–Crippen MR) is 161 cm³/mol. The molecule has 3 heterocycles. The molecule has 0 aliphatic heterocycles. The van der Waals surface area contributed by atoms with E-state index in [1.165, 1.54) is 4.90 Å². The number of fused-ring (bicyclic) bond motifs is 1. The quantitative estimate of drug-likeness (QED) is 0.227. The molecule has 4 N–H and O–H groups in total. The fraction of sp³-hybridized carbons (Fsp3) is 0.226. The van der Waals surface area contributed by atoms with Crippen LogP contribution in [-0.4, -0.2) is 55.6 Å². The third-order valence-electron chi connectivity index (χ3n) is 7.84. The van der Waals surface area contributed by atoms with Crippen LogP contribution in [0.3, 0.4) is 0 Å². The van der Waals surface area contributed by atoms with Gasteiger partial charge in [-0.05, 0) is 85.1 Å². The monoisotopic (exact) mass is 567 g/mol. The number of carbonyl (C=O) groups is 1. The molecule has 1 amide bonds. The first-order valence-electron chi connectivity index (χ1n) is 13.5. The van der Waals surface area contributed by atoms with Crippen LogP contribution in [-0.2, 0) is 5.54 Å². The van der Waals surface area contributed by atoms with E-state index >= 15 is 0 Å². The number of nitrogens with two attached hydrogens (primary N) is 1. The Balaban J connectivity index is 1.48. The van der Waals surface area contributed by atoms with E-state index in [9.17, 15) is 9.90 Å². The Kier molecular flexibility index (Phi) is 7.17. The molecule has 9 nitrogen and oxygen atoms in total. The third-order valence-corrected chi connectivity index (χ3v) is 8.20. The molecule has 41 heavy (non-hydrogen) atoms. The number of halogens is 1. The van der Waals surface area contributed by atoms with Crippen molar-refractivity contribution in [1.29, 1.82) is 0 Å². The SMILES string of the molecule is CN(CCO)C(=O)c1cccc(-c2ccc3nc(-c4cccnc4N)n(-c4ccc(C5(NCl)CCC5)cc4)c3n2)c1. The number of anilines is 1. The molecule has 2 aromatic carbocycles. The van der Waals surface area contributed by atoms with Gasteiger partial charge >= 0.3 is 0 Å². The van der Waals surface area contributed by atoms with Gasteiger partial charge in [-0.15, -0.1) is 0 Å². The standard InChI is InChI=1S/C31H30ClN7O2/c1-38(17-18-40)30(41)21-6-2-5-20(19-21)25-12-13-26-29(35-25)39(28(36-26)24-7-3-16-34-27(24)33)23-10-8-22(9-11-23)31(37-32)14-4-15-31/h2-3,5-13,16,19,37,40H,4,14-15,17-18H2,1H3,(H2,33,34). The molecule has 1 fully saturated rings. The Labute approximate surface area is 242 Å². The highest BCUT2D eigenvalue weighted by Gasteiger charge is 2.38. The van der Waals surface area contributed by atoms with Gasteiger partial charge in [-0.3, -0.25) is 9.36 Å². The zero-order chi connectivity index (χ0) is 28.6. The Morgan fingerprint density at radius 1 is 1.10 bits per heavy atom. The maximum absolute atomic E-state index is 12.9. The lowest BCUT2D eigenvalue weighted by molar-refractivity contribution is 0.0767. The van der Waals surface area contributed by atoms with E-state index in [1.807, 2.05) is 59.2 Å². The minimum atomic E-state index is -0.202. The number of benzene rings is 2. The number of nitrogens with zero attached hydrogens (tertiary/aromatic N) is 5. The summed E-state index contributed by atoms with van der Waals surface area (Å²) in [6.07, 6.45) is 4.77. The predicted octanol–water partition coefficient (Wildman–Crippen LogP) is 4.92. The summed E-state index contributed by atoms with van der Waals surface area (Å²) in [5, 5.41) is 9.24. The molecule has 10 heteroatoms. The lowest BCUT2D eigenvalue weighted by Gasteiger charge is -2.41. The number of likely N-dealkylation sites (N-methyl/N-ethyl adjacent to an activating group) is 1. The molecule has 0 spiro atoms. The first-order valence-corrected chi connectivity index (χ1v) is 13.9. The molecule has 0 atom stereocenters. The van der Waals surface area contributed by atoms with E-state index in [0.717, 1.165) is 36.1 Å². The third kappa shape index (κ3) is 4.82. The first-order chi connectivity index (χ1) is 19.9. The van der Waals surface area contributed by atoms with Gasteiger partial charge < -0.3 is 15.7 Å². The van der Waals surface area contributed by atoms with Crippen molar-refractivity contribution < 1.29 is 9.90 Å². The van der Waals surface area contributed by atoms with Crippen LogP contribution in [0.2, 0.25) is 0 Å². The van der Waals surface area contributed by atoms with Crippen LogP contribution in [0.4, 0.5) is 5.82 Å². The number of pyridine rings is 2. The number of nitrogens with one attached hydrogen (secondary N) is 1. The second-order valence-electron chi connectivity index (χ2n) is 10.4. The molecule has 0 radical (unpaired) electrons. The maximum Gasteiger partial charge on any atom is 0.253 e. The highest BCUT2D eigenvalue weighted by molar-refractivity contribution is 6.14. The van der Waals surface area contributed by atoms with E-state index in [1.54, 1.807) is 19.3 Å². The number of carbonyl (C=O) groups excluding carboxylic acids is 1. The Morgan fingerprint density at radius 2 is 1.90 bits per heavy atom. The normalized spacial score (nSPS) is 14.1. The second kappa shape index (κ2) is 10.9. The fourth-order valence-electron chi connectivity index (χ4n) is 5.33. The average Bonchev–Trinajstić information content (AvgIpc) is 3.36. The zero-order valence-corrected chi connectivity index (χ0v) is 23.3. The van der Waals surface area contributed by atoms with Crippen LogP contribution in [0.15, 0.2) is 79.0 Å². The lowest BCUT2D eigenvalue weighted by atomic mass is 9.73. The molecule has 1 aliphatic carbocycles. The summed E-state index contributed by atoms with van der Waals surface area (Å²) in [7, 11) is 1.67. The van der Waals surface area contributed by atoms with Gasteiger partial charge in [0.1, 0.15) is 11.3 Å². The van der Waals surface area contributed by atoms with Gasteiger partial charge in [-0.1, -0.05) is 24.3 Å². The number of aliphatic hydroxyl groups is 1. The summed E-state index contributed by atoms with van der Waals surface area (Å²) < 4.78 is 1.99. The van der Waals surface area contributed by atoms with Crippen molar-refractivity contribution in [3.8, 4) is 28.3 Å². The van der Waals surface area contributed by atoms with Crippen molar-refractivity contribution in [2.24, 2.45) is 0 Å². The van der Waals surface area contributed by atoms with Crippen LogP contribution in [0.5, 0.6) is 0 Å². The lowest BCUT2D eigenvalue weighted by Crippen LogP contribution is -2.43. The van der Waals surface area contributed by atoms with E-state index in [2.05, 4.69) is 22.0 Å². The molecule has 6 rings (SSSR count). The number of nitrogen functional groups attached to an aromatic ring is 1. The van der Waals surface area contributed by atoms with Crippen molar-refractivity contribution in [3.05, 3.63) is 90.1 Å². The Bertz CT molecular complexity index is 1730. The summed E-state index contributed by atoms with van der Waals surface area (Å²) in [5.74, 6) is 0.836. The van der Waals surface area contributed by atoms with E-state index in [0.29, 0.717) is 39.6 Å². The van der Waals surface area contributed by atoms with Gasteiger partial charge in [0.25, 0.3) is 5.91 Å².